The van der Waals surface area contributed by atoms with Gasteiger partial charge in [-0.15, -0.1) is 0 Å². The number of esters is 2. The Morgan fingerprint density at radius 1 is 1.04 bits per heavy atom. The standard InChI is InChI=1S/C19H21NO4/c1-19(2)23-17(21)15(18(22)24-19)10-11-16(20-12-6-7-13-20)14-8-4-3-5-9-14/h3-5,8-11H,6-7,12-13H2,1-2H3. The number of ether oxygens (including phenoxy) is 2. The first-order valence-electron chi connectivity index (χ1n) is 8.15. The van der Waals surface area contributed by atoms with Crippen LogP contribution in [-0.4, -0.2) is 35.7 Å². The molecule has 0 amide bonds. The van der Waals surface area contributed by atoms with Crippen LogP contribution < -0.4 is 0 Å². The fourth-order valence-electron chi connectivity index (χ4n) is 2.91. The Morgan fingerprint density at radius 3 is 2.21 bits per heavy atom. The molecule has 5 nitrogen and oxygen atoms in total. The van der Waals surface area contributed by atoms with Gasteiger partial charge in [0, 0.05) is 32.6 Å². The van der Waals surface area contributed by atoms with Crippen molar-refractivity contribution in [3.63, 3.8) is 0 Å². The second-order valence-electron chi connectivity index (χ2n) is 6.37. The van der Waals surface area contributed by atoms with Crippen molar-refractivity contribution in [1.82, 2.24) is 4.90 Å². The molecule has 1 aromatic rings. The van der Waals surface area contributed by atoms with E-state index in [1.165, 1.54) is 19.9 Å². The summed E-state index contributed by atoms with van der Waals surface area (Å²) in [5.74, 6) is -2.52. The first-order valence-corrected chi connectivity index (χ1v) is 8.15. The van der Waals surface area contributed by atoms with Crippen LogP contribution in [0.2, 0.25) is 0 Å². The molecular formula is C19H21NO4. The number of hydrogen-bond acceptors (Lipinski definition) is 5. The highest BCUT2D eigenvalue weighted by atomic mass is 16.7. The molecule has 24 heavy (non-hydrogen) atoms. The van der Waals surface area contributed by atoms with Crippen molar-refractivity contribution in [2.75, 3.05) is 13.1 Å². The molecule has 0 radical (unpaired) electrons. The van der Waals surface area contributed by atoms with Crippen LogP contribution >= 0.6 is 0 Å². The highest BCUT2D eigenvalue weighted by Gasteiger charge is 2.38. The van der Waals surface area contributed by atoms with Gasteiger partial charge in [0.25, 0.3) is 5.79 Å². The molecule has 0 bridgehead atoms. The smallest absolute Gasteiger partial charge is 0.348 e. The number of carbonyl (C=O) groups is 2. The molecule has 2 saturated heterocycles. The van der Waals surface area contributed by atoms with Gasteiger partial charge in [-0.3, -0.25) is 0 Å². The Hall–Kier alpha value is -2.56. The molecule has 0 N–H and O–H groups in total. The summed E-state index contributed by atoms with van der Waals surface area (Å²) in [5.41, 5.74) is 1.96. The van der Waals surface area contributed by atoms with E-state index in [0.717, 1.165) is 37.2 Å². The molecular weight excluding hydrogens is 306 g/mol. The Labute approximate surface area is 141 Å². The van der Waals surface area contributed by atoms with E-state index in [1.807, 2.05) is 30.3 Å². The number of nitrogens with zero attached hydrogens (tertiary/aromatic N) is 1. The number of allylic oxidation sites excluding steroid dienone is 2. The summed E-state index contributed by atoms with van der Waals surface area (Å²) in [4.78, 5) is 26.4. The Morgan fingerprint density at radius 2 is 1.62 bits per heavy atom. The lowest BCUT2D eigenvalue weighted by atomic mass is 10.1. The number of hydrogen-bond donors (Lipinski definition) is 0. The number of rotatable bonds is 3. The van der Waals surface area contributed by atoms with Gasteiger partial charge >= 0.3 is 11.9 Å². The van der Waals surface area contributed by atoms with Crippen LogP contribution in [0.4, 0.5) is 0 Å². The van der Waals surface area contributed by atoms with E-state index in [1.54, 1.807) is 6.08 Å². The van der Waals surface area contributed by atoms with E-state index >= 15 is 0 Å². The monoisotopic (exact) mass is 327 g/mol. The van der Waals surface area contributed by atoms with E-state index in [4.69, 9.17) is 9.47 Å². The number of cyclic esters (lactones) is 2. The third-order valence-corrected chi connectivity index (χ3v) is 4.04. The minimum absolute atomic E-state index is 0.0815. The van der Waals surface area contributed by atoms with E-state index < -0.39 is 17.7 Å². The maximum Gasteiger partial charge on any atom is 0.348 e. The quantitative estimate of drug-likeness (QED) is 0.485. The van der Waals surface area contributed by atoms with Gasteiger partial charge < -0.3 is 14.4 Å². The summed E-state index contributed by atoms with van der Waals surface area (Å²) < 4.78 is 10.3. The molecule has 2 fully saturated rings. The van der Waals surface area contributed by atoms with E-state index in [9.17, 15) is 9.59 Å². The summed E-state index contributed by atoms with van der Waals surface area (Å²) in [6.45, 7) is 5.00. The van der Waals surface area contributed by atoms with Gasteiger partial charge in [0.2, 0.25) is 0 Å². The van der Waals surface area contributed by atoms with Crippen molar-refractivity contribution in [3.05, 3.63) is 53.6 Å². The Bertz CT molecular complexity index is 675. The van der Waals surface area contributed by atoms with Gasteiger partial charge in [0.05, 0.1) is 0 Å². The zero-order valence-electron chi connectivity index (χ0n) is 14.0. The zero-order valence-corrected chi connectivity index (χ0v) is 14.0. The van der Waals surface area contributed by atoms with Crippen molar-refractivity contribution in [3.8, 4) is 0 Å². The predicted octanol–water partition coefficient (Wildman–Crippen LogP) is 2.89. The van der Waals surface area contributed by atoms with Crippen LogP contribution in [-0.2, 0) is 19.1 Å². The lowest BCUT2D eigenvalue weighted by Crippen LogP contribution is -2.41. The summed E-state index contributed by atoms with van der Waals surface area (Å²) in [6, 6.07) is 9.93. The molecule has 0 aliphatic carbocycles. The average molecular weight is 327 g/mol. The van der Waals surface area contributed by atoms with Crippen molar-refractivity contribution in [1.29, 1.82) is 0 Å². The summed E-state index contributed by atoms with van der Waals surface area (Å²) in [7, 11) is 0. The second-order valence-corrected chi connectivity index (χ2v) is 6.37. The fourth-order valence-corrected chi connectivity index (χ4v) is 2.91. The van der Waals surface area contributed by atoms with E-state index in [-0.39, 0.29) is 5.57 Å². The first kappa shape index (κ1) is 16.3. The predicted molar refractivity (Wildman–Crippen MR) is 89.6 cm³/mol. The fraction of sp³-hybridized carbons (Fsp3) is 0.368. The van der Waals surface area contributed by atoms with Crippen LogP contribution in [0.15, 0.2) is 48.1 Å². The molecule has 1 aromatic carbocycles. The lowest BCUT2D eigenvalue weighted by molar-refractivity contribution is -0.222. The third kappa shape index (κ3) is 3.50. The minimum Gasteiger partial charge on any atom is -0.419 e. The van der Waals surface area contributed by atoms with Crippen molar-refractivity contribution >= 4 is 17.6 Å². The average Bonchev–Trinajstić information content (AvgIpc) is 3.04. The molecule has 2 heterocycles. The highest BCUT2D eigenvalue weighted by molar-refractivity contribution is 6.15. The van der Waals surface area contributed by atoms with Gasteiger partial charge in [-0.05, 0) is 30.6 Å². The van der Waals surface area contributed by atoms with Gasteiger partial charge in [-0.2, -0.15) is 0 Å². The minimum atomic E-state index is -1.22. The number of likely N-dealkylation sites (tertiary alicyclic amines) is 1. The summed E-state index contributed by atoms with van der Waals surface area (Å²) in [6.07, 6.45) is 5.58. The van der Waals surface area contributed by atoms with Gasteiger partial charge in [-0.1, -0.05) is 30.3 Å². The molecule has 2 aliphatic rings. The molecule has 126 valence electrons. The summed E-state index contributed by atoms with van der Waals surface area (Å²) in [5, 5.41) is 0. The van der Waals surface area contributed by atoms with Gasteiger partial charge in [0.15, 0.2) is 0 Å². The SMILES string of the molecule is CC1(C)OC(=O)C(=CC=C(c2ccccc2)N2CCCC2)C(=O)O1. The Balaban J connectivity index is 1.93. The van der Waals surface area contributed by atoms with E-state index in [2.05, 4.69) is 4.90 Å². The largest absolute Gasteiger partial charge is 0.419 e. The van der Waals surface area contributed by atoms with Crippen LogP contribution in [0.25, 0.3) is 5.70 Å². The molecule has 0 unspecified atom stereocenters. The van der Waals surface area contributed by atoms with Gasteiger partial charge in [0.1, 0.15) is 5.57 Å². The topological polar surface area (TPSA) is 55.8 Å². The first-order chi connectivity index (χ1) is 11.5. The van der Waals surface area contributed by atoms with Crippen LogP contribution in [0.3, 0.4) is 0 Å². The maximum atomic E-state index is 12.1. The van der Waals surface area contributed by atoms with Crippen molar-refractivity contribution in [2.45, 2.75) is 32.5 Å². The van der Waals surface area contributed by atoms with Gasteiger partial charge in [-0.25, -0.2) is 9.59 Å². The lowest BCUT2D eigenvalue weighted by Gasteiger charge is -2.29. The third-order valence-electron chi connectivity index (χ3n) is 4.04. The number of carbonyl (C=O) groups excluding carboxylic acids is 2. The molecule has 5 heteroatoms. The normalized spacial score (nSPS) is 20.7. The molecule has 2 aliphatic heterocycles. The van der Waals surface area contributed by atoms with Crippen LogP contribution in [0.1, 0.15) is 32.3 Å². The van der Waals surface area contributed by atoms with E-state index in [0.29, 0.717) is 0 Å². The Kier molecular flexibility index (Phi) is 4.42. The molecule has 0 saturated carbocycles. The van der Waals surface area contributed by atoms with Crippen LogP contribution in [0, 0.1) is 0 Å². The second kappa shape index (κ2) is 6.51. The molecule has 0 aromatic heterocycles. The maximum absolute atomic E-state index is 12.1. The van der Waals surface area contributed by atoms with Crippen molar-refractivity contribution < 1.29 is 19.1 Å². The molecule has 3 rings (SSSR count). The highest BCUT2D eigenvalue weighted by Crippen LogP contribution is 2.26. The molecule has 0 spiro atoms. The van der Waals surface area contributed by atoms with Crippen molar-refractivity contribution in [2.24, 2.45) is 0 Å². The van der Waals surface area contributed by atoms with Crippen LogP contribution in [0.5, 0.6) is 0 Å². The summed E-state index contributed by atoms with van der Waals surface area (Å²) >= 11 is 0. The number of benzene rings is 1. The zero-order chi connectivity index (χ0) is 17.2. The molecule has 0 atom stereocenters.